The van der Waals surface area contributed by atoms with Crippen LogP contribution in [0.4, 0.5) is 0 Å². The summed E-state index contributed by atoms with van der Waals surface area (Å²) >= 11 is 0. The number of aliphatic hydroxyl groups excluding tert-OH is 2. The van der Waals surface area contributed by atoms with E-state index in [0.29, 0.717) is 0 Å². The van der Waals surface area contributed by atoms with Crippen molar-refractivity contribution in [3.8, 4) is 0 Å². The van der Waals surface area contributed by atoms with E-state index in [4.69, 9.17) is 15.9 Å². The van der Waals surface area contributed by atoms with Gasteiger partial charge in [0.15, 0.2) is 0 Å². The van der Waals surface area contributed by atoms with Gasteiger partial charge in [-0.15, -0.1) is 0 Å². The number of hydrogen-bond acceptors (Lipinski definition) is 3. The molecule has 0 unspecified atom stereocenters. The van der Waals surface area contributed by atoms with E-state index in [9.17, 15) is 0 Å². The summed E-state index contributed by atoms with van der Waals surface area (Å²) in [5.74, 6) is 0. The largest absolute Gasteiger partial charge is 0.394 e. The number of hydrogen-bond donors (Lipinski definition) is 3. The summed E-state index contributed by atoms with van der Waals surface area (Å²) < 4.78 is 0. The SMILES string of the molecule is N[C@@H](/C=C\CO)CO. The van der Waals surface area contributed by atoms with E-state index < -0.39 is 0 Å². The van der Waals surface area contributed by atoms with Crippen LogP contribution in [-0.2, 0) is 0 Å². The Labute approximate surface area is 48.4 Å². The third-order valence-corrected chi connectivity index (χ3v) is 0.700. The zero-order valence-electron chi connectivity index (χ0n) is 4.62. The molecule has 0 aliphatic heterocycles. The van der Waals surface area contributed by atoms with Gasteiger partial charge in [0.2, 0.25) is 0 Å². The summed E-state index contributed by atoms with van der Waals surface area (Å²) in [6, 6.07) is -0.331. The first kappa shape index (κ1) is 7.62. The van der Waals surface area contributed by atoms with Gasteiger partial charge in [-0.05, 0) is 0 Å². The lowest BCUT2D eigenvalue weighted by Crippen LogP contribution is -2.21. The number of aliphatic hydroxyl groups is 2. The van der Waals surface area contributed by atoms with Crippen LogP contribution in [0.3, 0.4) is 0 Å². The van der Waals surface area contributed by atoms with E-state index in [1.165, 1.54) is 6.08 Å². The summed E-state index contributed by atoms with van der Waals surface area (Å²) in [7, 11) is 0. The van der Waals surface area contributed by atoms with Crippen LogP contribution in [0.15, 0.2) is 12.2 Å². The maximum Gasteiger partial charge on any atom is 0.0618 e. The molecule has 3 nitrogen and oxygen atoms in total. The average Bonchev–Trinajstić information content (AvgIpc) is 1.83. The van der Waals surface area contributed by atoms with Crippen molar-refractivity contribution in [3.63, 3.8) is 0 Å². The van der Waals surface area contributed by atoms with Gasteiger partial charge in [0.1, 0.15) is 0 Å². The average molecular weight is 117 g/mol. The molecule has 0 rings (SSSR count). The molecule has 0 heterocycles. The number of nitrogens with two attached hydrogens (primary N) is 1. The molecular weight excluding hydrogens is 106 g/mol. The molecule has 0 saturated heterocycles. The first-order valence-electron chi connectivity index (χ1n) is 2.45. The Balaban J connectivity index is 3.21. The van der Waals surface area contributed by atoms with Gasteiger partial charge in [-0.3, -0.25) is 0 Å². The first-order valence-corrected chi connectivity index (χ1v) is 2.45. The minimum Gasteiger partial charge on any atom is -0.394 e. The Hall–Kier alpha value is -0.380. The molecule has 8 heavy (non-hydrogen) atoms. The van der Waals surface area contributed by atoms with Gasteiger partial charge < -0.3 is 15.9 Å². The molecule has 0 spiro atoms. The summed E-state index contributed by atoms with van der Waals surface area (Å²) in [5, 5.41) is 16.5. The Morgan fingerprint density at radius 3 is 2.50 bits per heavy atom. The second-order valence-electron chi connectivity index (χ2n) is 1.46. The van der Waals surface area contributed by atoms with Gasteiger partial charge in [0.05, 0.1) is 13.2 Å². The molecule has 0 aromatic rings. The molecule has 0 aliphatic rings. The zero-order valence-corrected chi connectivity index (χ0v) is 4.62. The Bertz CT molecular complexity index is 72.8. The van der Waals surface area contributed by atoms with E-state index in [0.717, 1.165) is 0 Å². The zero-order chi connectivity index (χ0) is 6.41. The minimum absolute atomic E-state index is 0.0201. The van der Waals surface area contributed by atoms with Crippen LogP contribution in [0.1, 0.15) is 0 Å². The van der Waals surface area contributed by atoms with Gasteiger partial charge in [-0.2, -0.15) is 0 Å². The quantitative estimate of drug-likeness (QED) is 0.409. The summed E-state index contributed by atoms with van der Waals surface area (Å²) in [6.07, 6.45) is 3.06. The van der Waals surface area contributed by atoms with Crippen LogP contribution in [0.2, 0.25) is 0 Å². The van der Waals surface area contributed by atoms with E-state index in [1.807, 2.05) is 0 Å². The third kappa shape index (κ3) is 3.80. The highest BCUT2D eigenvalue weighted by Gasteiger charge is 1.88. The summed E-state index contributed by atoms with van der Waals surface area (Å²) in [4.78, 5) is 0. The van der Waals surface area contributed by atoms with Crippen LogP contribution in [0.25, 0.3) is 0 Å². The lowest BCUT2D eigenvalue weighted by atomic mass is 10.3. The molecule has 0 saturated carbocycles. The lowest BCUT2D eigenvalue weighted by Gasteiger charge is -1.96. The fourth-order valence-electron chi connectivity index (χ4n) is 0.297. The molecule has 0 fully saturated rings. The standard InChI is InChI=1S/C5H11NO2/c6-5(4-8)2-1-3-7/h1-2,5,7-8H,3-4,6H2/b2-1-/t5-/m0/s1. The second kappa shape index (κ2) is 4.77. The molecule has 0 amide bonds. The van der Waals surface area contributed by atoms with Crippen LogP contribution in [0.5, 0.6) is 0 Å². The maximum atomic E-state index is 8.30. The monoisotopic (exact) mass is 117 g/mol. The van der Waals surface area contributed by atoms with Crippen molar-refractivity contribution in [3.05, 3.63) is 12.2 Å². The van der Waals surface area contributed by atoms with Crippen molar-refractivity contribution in [2.75, 3.05) is 13.2 Å². The Morgan fingerprint density at radius 2 is 2.12 bits per heavy atom. The van der Waals surface area contributed by atoms with Crippen molar-refractivity contribution in [1.29, 1.82) is 0 Å². The van der Waals surface area contributed by atoms with Gasteiger partial charge >= 0.3 is 0 Å². The highest BCUT2D eigenvalue weighted by molar-refractivity contribution is 4.90. The van der Waals surface area contributed by atoms with Crippen LogP contribution >= 0.6 is 0 Å². The molecule has 4 N–H and O–H groups in total. The molecule has 0 radical (unpaired) electrons. The predicted octanol–water partition coefficient (Wildman–Crippen LogP) is -1.15. The topological polar surface area (TPSA) is 66.5 Å². The molecule has 48 valence electrons. The highest BCUT2D eigenvalue weighted by atomic mass is 16.3. The van der Waals surface area contributed by atoms with Crippen molar-refractivity contribution in [2.45, 2.75) is 6.04 Å². The van der Waals surface area contributed by atoms with E-state index in [-0.39, 0.29) is 19.3 Å². The fourth-order valence-corrected chi connectivity index (χ4v) is 0.297. The van der Waals surface area contributed by atoms with Crippen molar-refractivity contribution in [1.82, 2.24) is 0 Å². The van der Waals surface area contributed by atoms with Gasteiger partial charge in [0.25, 0.3) is 0 Å². The summed E-state index contributed by atoms with van der Waals surface area (Å²) in [5.41, 5.74) is 5.21. The molecule has 0 bridgehead atoms. The molecule has 0 aromatic carbocycles. The van der Waals surface area contributed by atoms with E-state index in [2.05, 4.69) is 0 Å². The van der Waals surface area contributed by atoms with Crippen LogP contribution in [-0.4, -0.2) is 29.5 Å². The van der Waals surface area contributed by atoms with Gasteiger partial charge in [-0.25, -0.2) is 0 Å². The van der Waals surface area contributed by atoms with E-state index >= 15 is 0 Å². The van der Waals surface area contributed by atoms with Crippen LogP contribution in [0, 0.1) is 0 Å². The van der Waals surface area contributed by atoms with Crippen molar-refractivity contribution in [2.24, 2.45) is 5.73 Å². The first-order chi connectivity index (χ1) is 3.81. The predicted molar refractivity (Wildman–Crippen MR) is 31.3 cm³/mol. The lowest BCUT2D eigenvalue weighted by molar-refractivity contribution is 0.283. The molecule has 0 aromatic heterocycles. The smallest absolute Gasteiger partial charge is 0.0618 e. The third-order valence-electron chi connectivity index (χ3n) is 0.700. The van der Waals surface area contributed by atoms with Gasteiger partial charge in [0, 0.05) is 6.04 Å². The van der Waals surface area contributed by atoms with Crippen LogP contribution < -0.4 is 5.73 Å². The van der Waals surface area contributed by atoms with E-state index in [1.54, 1.807) is 6.08 Å². The molecular formula is C5H11NO2. The maximum absolute atomic E-state index is 8.30. The minimum atomic E-state index is -0.331. The second-order valence-corrected chi connectivity index (χ2v) is 1.46. The highest BCUT2D eigenvalue weighted by Crippen LogP contribution is 1.77. The molecule has 3 heteroatoms. The normalized spacial score (nSPS) is 14.9. The Kier molecular flexibility index (Phi) is 4.54. The van der Waals surface area contributed by atoms with Gasteiger partial charge in [-0.1, -0.05) is 12.2 Å². The molecule has 1 atom stereocenters. The van der Waals surface area contributed by atoms with Crippen molar-refractivity contribution < 1.29 is 10.2 Å². The molecule has 0 aliphatic carbocycles. The van der Waals surface area contributed by atoms with Crippen molar-refractivity contribution >= 4 is 0 Å². The summed E-state index contributed by atoms with van der Waals surface area (Å²) in [6.45, 7) is -0.0931. The fraction of sp³-hybridized carbons (Fsp3) is 0.600. The Morgan fingerprint density at radius 1 is 1.50 bits per heavy atom. The number of rotatable bonds is 3.